The van der Waals surface area contributed by atoms with Gasteiger partial charge in [0.1, 0.15) is 6.29 Å². The monoisotopic (exact) mass is 224 g/mol. The van der Waals surface area contributed by atoms with Crippen LogP contribution in [0.4, 0.5) is 0 Å². The Kier molecular flexibility index (Phi) is 3.31. The minimum Gasteiger partial charge on any atom is -0.465 e. The molecule has 0 aromatic rings. The minimum atomic E-state index is -0.444. The molecule has 3 nitrogen and oxygen atoms in total. The van der Waals surface area contributed by atoms with Crippen LogP contribution in [0.5, 0.6) is 0 Å². The van der Waals surface area contributed by atoms with Crippen molar-refractivity contribution < 1.29 is 14.3 Å². The van der Waals surface area contributed by atoms with Crippen molar-refractivity contribution in [1.29, 1.82) is 0 Å². The third-order valence-electron chi connectivity index (χ3n) is 4.25. The largest absolute Gasteiger partial charge is 0.465 e. The molecule has 2 rings (SSSR count). The van der Waals surface area contributed by atoms with Crippen molar-refractivity contribution in [3.8, 4) is 0 Å². The second-order valence-corrected chi connectivity index (χ2v) is 5.23. The highest BCUT2D eigenvalue weighted by Gasteiger charge is 2.57. The van der Waals surface area contributed by atoms with E-state index >= 15 is 0 Å². The zero-order valence-electron chi connectivity index (χ0n) is 9.91. The molecule has 0 spiro atoms. The van der Waals surface area contributed by atoms with E-state index in [-0.39, 0.29) is 11.9 Å². The smallest absolute Gasteiger partial charge is 0.312 e. The highest BCUT2D eigenvalue weighted by molar-refractivity contribution is 5.82. The van der Waals surface area contributed by atoms with Gasteiger partial charge in [-0.3, -0.25) is 4.79 Å². The van der Waals surface area contributed by atoms with E-state index in [0.717, 1.165) is 44.8 Å². The highest BCUT2D eigenvalue weighted by Crippen LogP contribution is 2.57. The van der Waals surface area contributed by atoms with Crippen LogP contribution in [0.2, 0.25) is 0 Å². The Balaban J connectivity index is 2.00. The molecule has 16 heavy (non-hydrogen) atoms. The molecule has 0 aromatic heterocycles. The van der Waals surface area contributed by atoms with Gasteiger partial charge in [-0.1, -0.05) is 13.3 Å². The SMILES string of the molecule is CCCCOC(=O)C12CCC(CC1C=O)C2. The maximum absolute atomic E-state index is 12.1. The fourth-order valence-corrected chi connectivity index (χ4v) is 3.28. The fraction of sp³-hybridized carbons (Fsp3) is 0.846. The lowest BCUT2D eigenvalue weighted by Gasteiger charge is -2.29. The maximum atomic E-state index is 12.1. The van der Waals surface area contributed by atoms with Gasteiger partial charge in [-0.05, 0) is 38.0 Å². The van der Waals surface area contributed by atoms with E-state index in [1.54, 1.807) is 0 Å². The molecular formula is C13H20O3. The summed E-state index contributed by atoms with van der Waals surface area (Å²) in [5.74, 6) is 0.382. The van der Waals surface area contributed by atoms with Crippen molar-refractivity contribution in [1.82, 2.24) is 0 Å². The van der Waals surface area contributed by atoms with E-state index in [9.17, 15) is 9.59 Å². The molecule has 0 heterocycles. The van der Waals surface area contributed by atoms with Gasteiger partial charge in [-0.15, -0.1) is 0 Å². The maximum Gasteiger partial charge on any atom is 0.312 e. The van der Waals surface area contributed by atoms with E-state index in [0.29, 0.717) is 12.5 Å². The molecule has 0 aromatic carbocycles. The number of hydrogen-bond acceptors (Lipinski definition) is 3. The van der Waals surface area contributed by atoms with Crippen LogP contribution in [0.1, 0.15) is 45.4 Å². The highest BCUT2D eigenvalue weighted by atomic mass is 16.5. The van der Waals surface area contributed by atoms with E-state index in [1.807, 2.05) is 0 Å². The molecule has 2 saturated carbocycles. The average molecular weight is 224 g/mol. The van der Waals surface area contributed by atoms with E-state index in [2.05, 4.69) is 6.92 Å². The van der Waals surface area contributed by atoms with E-state index < -0.39 is 5.41 Å². The first-order valence-electron chi connectivity index (χ1n) is 6.35. The third-order valence-corrected chi connectivity index (χ3v) is 4.25. The third kappa shape index (κ3) is 1.76. The number of fused-ring (bicyclic) bond motifs is 2. The second kappa shape index (κ2) is 4.56. The Labute approximate surface area is 96.5 Å². The van der Waals surface area contributed by atoms with Crippen molar-refractivity contribution in [3.63, 3.8) is 0 Å². The summed E-state index contributed by atoms with van der Waals surface area (Å²) < 4.78 is 5.32. The fourth-order valence-electron chi connectivity index (χ4n) is 3.28. The second-order valence-electron chi connectivity index (χ2n) is 5.23. The molecule has 3 atom stereocenters. The zero-order valence-corrected chi connectivity index (χ0v) is 9.91. The number of hydrogen-bond donors (Lipinski definition) is 0. The number of carbonyl (C=O) groups is 2. The Hall–Kier alpha value is -0.860. The van der Waals surface area contributed by atoms with Gasteiger partial charge in [0.2, 0.25) is 0 Å². The van der Waals surface area contributed by atoms with Gasteiger partial charge in [0, 0.05) is 5.92 Å². The first-order chi connectivity index (χ1) is 7.73. The summed E-state index contributed by atoms with van der Waals surface area (Å²) in [5, 5.41) is 0. The Morgan fingerprint density at radius 1 is 1.56 bits per heavy atom. The van der Waals surface area contributed by atoms with Gasteiger partial charge in [0.25, 0.3) is 0 Å². The lowest BCUT2D eigenvalue weighted by molar-refractivity contribution is -0.159. The molecule has 0 aliphatic heterocycles. The predicted molar refractivity (Wildman–Crippen MR) is 59.8 cm³/mol. The number of unbranched alkanes of at least 4 members (excludes halogenated alkanes) is 1. The normalized spacial score (nSPS) is 36.3. The standard InChI is InChI=1S/C13H20O3/c1-2-3-6-16-12(15)13-5-4-10(8-13)7-11(13)9-14/h9-11H,2-8H2,1H3. The molecule has 0 N–H and O–H groups in total. The molecule has 2 aliphatic carbocycles. The van der Waals surface area contributed by atoms with Crippen LogP contribution in [0.15, 0.2) is 0 Å². The molecule has 3 heteroatoms. The molecule has 2 fully saturated rings. The zero-order chi connectivity index (χ0) is 11.6. The molecular weight excluding hydrogens is 204 g/mol. The van der Waals surface area contributed by atoms with Gasteiger partial charge >= 0.3 is 5.97 Å². The summed E-state index contributed by atoms with van der Waals surface area (Å²) in [6.45, 7) is 2.58. The topological polar surface area (TPSA) is 43.4 Å². The quantitative estimate of drug-likeness (QED) is 0.409. The van der Waals surface area contributed by atoms with Crippen LogP contribution in [0, 0.1) is 17.3 Å². The van der Waals surface area contributed by atoms with Crippen LogP contribution >= 0.6 is 0 Å². The molecule has 2 bridgehead atoms. The Morgan fingerprint density at radius 3 is 3.00 bits per heavy atom. The first kappa shape index (κ1) is 11.6. The summed E-state index contributed by atoms with van der Waals surface area (Å²) >= 11 is 0. The van der Waals surface area contributed by atoms with Crippen LogP contribution in [-0.2, 0) is 14.3 Å². The molecule has 0 radical (unpaired) electrons. The summed E-state index contributed by atoms with van der Waals surface area (Å²) in [6.07, 6.45) is 6.63. The molecule has 0 amide bonds. The summed E-state index contributed by atoms with van der Waals surface area (Å²) in [6, 6.07) is 0. The summed E-state index contributed by atoms with van der Waals surface area (Å²) in [7, 11) is 0. The molecule has 0 saturated heterocycles. The lowest BCUT2D eigenvalue weighted by atomic mass is 9.76. The molecule has 90 valence electrons. The number of aldehydes is 1. The Morgan fingerprint density at radius 2 is 2.38 bits per heavy atom. The number of rotatable bonds is 5. The van der Waals surface area contributed by atoms with Crippen molar-refractivity contribution in [2.45, 2.75) is 45.4 Å². The minimum absolute atomic E-state index is 0.0830. The lowest BCUT2D eigenvalue weighted by Crippen LogP contribution is -2.36. The first-order valence-corrected chi connectivity index (χ1v) is 6.35. The van der Waals surface area contributed by atoms with Crippen molar-refractivity contribution >= 4 is 12.3 Å². The number of esters is 1. The molecule has 3 unspecified atom stereocenters. The van der Waals surface area contributed by atoms with Crippen molar-refractivity contribution in [2.24, 2.45) is 17.3 Å². The predicted octanol–water partition coefficient (Wildman–Crippen LogP) is 2.33. The van der Waals surface area contributed by atoms with E-state index in [4.69, 9.17) is 4.74 Å². The van der Waals surface area contributed by atoms with E-state index in [1.165, 1.54) is 0 Å². The van der Waals surface area contributed by atoms with Gasteiger partial charge < -0.3 is 9.53 Å². The van der Waals surface area contributed by atoms with Crippen LogP contribution in [0.25, 0.3) is 0 Å². The van der Waals surface area contributed by atoms with Crippen molar-refractivity contribution in [2.75, 3.05) is 6.61 Å². The van der Waals surface area contributed by atoms with Gasteiger partial charge in [-0.25, -0.2) is 0 Å². The number of carbonyl (C=O) groups excluding carboxylic acids is 2. The molecule has 2 aliphatic rings. The summed E-state index contributed by atoms with van der Waals surface area (Å²) in [5.41, 5.74) is -0.444. The van der Waals surface area contributed by atoms with Crippen LogP contribution < -0.4 is 0 Å². The number of ether oxygens (including phenoxy) is 1. The van der Waals surface area contributed by atoms with Gasteiger partial charge in [0.05, 0.1) is 12.0 Å². The summed E-state index contributed by atoms with van der Waals surface area (Å²) in [4.78, 5) is 23.1. The Bertz CT molecular complexity index is 287. The average Bonchev–Trinajstić information content (AvgIpc) is 2.87. The van der Waals surface area contributed by atoms with Gasteiger partial charge in [-0.2, -0.15) is 0 Å². The van der Waals surface area contributed by atoms with Crippen LogP contribution in [-0.4, -0.2) is 18.9 Å². The van der Waals surface area contributed by atoms with Crippen LogP contribution in [0.3, 0.4) is 0 Å². The van der Waals surface area contributed by atoms with Crippen molar-refractivity contribution in [3.05, 3.63) is 0 Å². The van der Waals surface area contributed by atoms with Gasteiger partial charge in [0.15, 0.2) is 0 Å².